The van der Waals surface area contributed by atoms with E-state index in [4.69, 9.17) is 0 Å². The summed E-state index contributed by atoms with van der Waals surface area (Å²) >= 11 is 0. The van der Waals surface area contributed by atoms with Crippen LogP contribution in [0.25, 0.3) is 0 Å². The summed E-state index contributed by atoms with van der Waals surface area (Å²) < 4.78 is 27.9. The Bertz CT molecular complexity index is 744. The lowest BCUT2D eigenvalue weighted by molar-refractivity contribution is 0.0547. The summed E-state index contributed by atoms with van der Waals surface area (Å²) in [5.74, 6) is 1.97. The molecule has 0 radical (unpaired) electrons. The number of amides is 1. The van der Waals surface area contributed by atoms with Crippen LogP contribution in [0.5, 0.6) is 0 Å². The molecule has 25 heavy (non-hydrogen) atoms. The number of rotatable bonds is 5. The minimum absolute atomic E-state index is 0.0778. The Balaban J connectivity index is 1.37. The second kappa shape index (κ2) is 6.57. The lowest BCUT2D eigenvalue weighted by Crippen LogP contribution is -2.38. The molecular formula is C17H21F2N5O. The molecule has 1 saturated carbocycles. The van der Waals surface area contributed by atoms with Gasteiger partial charge in [0.15, 0.2) is 5.69 Å². The number of carbonyl (C=O) groups excluding carboxylic acids is 1. The number of halogens is 2. The Labute approximate surface area is 144 Å². The monoisotopic (exact) mass is 349 g/mol. The van der Waals surface area contributed by atoms with Crippen molar-refractivity contribution < 1.29 is 13.6 Å². The van der Waals surface area contributed by atoms with Crippen molar-refractivity contribution in [3.63, 3.8) is 0 Å². The van der Waals surface area contributed by atoms with Crippen molar-refractivity contribution in [2.45, 2.75) is 44.7 Å². The smallest absolute Gasteiger partial charge is 0.333 e. The molecule has 3 heterocycles. The molecule has 8 heteroatoms. The van der Waals surface area contributed by atoms with Gasteiger partial charge in [0.05, 0.1) is 0 Å². The van der Waals surface area contributed by atoms with E-state index in [1.54, 1.807) is 4.90 Å². The van der Waals surface area contributed by atoms with Gasteiger partial charge in [0.2, 0.25) is 0 Å². The highest BCUT2D eigenvalue weighted by molar-refractivity contribution is 5.92. The highest BCUT2D eigenvalue weighted by Gasteiger charge is 2.29. The average Bonchev–Trinajstić information content (AvgIpc) is 3.11. The molecule has 2 aromatic heterocycles. The van der Waals surface area contributed by atoms with E-state index in [0.717, 1.165) is 37.3 Å². The Kier molecular flexibility index (Phi) is 4.27. The first kappa shape index (κ1) is 16.2. The van der Waals surface area contributed by atoms with Crippen molar-refractivity contribution >= 4 is 5.91 Å². The maximum atomic E-state index is 12.6. The molecular weight excluding hydrogens is 328 g/mol. The van der Waals surface area contributed by atoms with Crippen molar-refractivity contribution in [3.05, 3.63) is 36.2 Å². The molecule has 6 nitrogen and oxygen atoms in total. The standard InChI is InChI=1S/C17H21F2N5O/c18-17(19)24-9-5-14(21-24)16(25)22-7-3-13(4-8-22)15-20-6-10-23(15)11-12-1-2-12/h5-6,9-10,12-13,17H,1-4,7-8,11H2. The molecule has 0 atom stereocenters. The first-order valence-electron chi connectivity index (χ1n) is 8.75. The quantitative estimate of drug-likeness (QED) is 0.834. The Morgan fingerprint density at radius 1 is 1.20 bits per heavy atom. The number of alkyl halides is 2. The van der Waals surface area contributed by atoms with E-state index in [1.807, 2.05) is 12.4 Å². The fourth-order valence-electron chi connectivity index (χ4n) is 3.48. The third-order valence-electron chi connectivity index (χ3n) is 5.07. The molecule has 0 aromatic carbocycles. The molecule has 2 aliphatic rings. The highest BCUT2D eigenvalue weighted by atomic mass is 19.3. The lowest BCUT2D eigenvalue weighted by atomic mass is 9.95. The molecule has 1 aliphatic carbocycles. The molecule has 134 valence electrons. The van der Waals surface area contributed by atoms with Gasteiger partial charge in [-0.05, 0) is 37.7 Å². The predicted octanol–water partition coefficient (Wildman–Crippen LogP) is 2.90. The number of likely N-dealkylation sites (tertiary alicyclic amines) is 1. The molecule has 0 unspecified atom stereocenters. The molecule has 0 spiro atoms. The van der Waals surface area contributed by atoms with E-state index in [0.29, 0.717) is 23.7 Å². The zero-order valence-electron chi connectivity index (χ0n) is 13.9. The number of imidazole rings is 1. The number of carbonyl (C=O) groups is 1. The second-order valence-corrected chi connectivity index (χ2v) is 6.91. The fourth-order valence-corrected chi connectivity index (χ4v) is 3.48. The van der Waals surface area contributed by atoms with Crippen LogP contribution >= 0.6 is 0 Å². The van der Waals surface area contributed by atoms with Crippen LogP contribution in [-0.2, 0) is 6.54 Å². The van der Waals surface area contributed by atoms with Crippen LogP contribution in [0.2, 0.25) is 0 Å². The number of nitrogens with zero attached hydrogens (tertiary/aromatic N) is 5. The molecule has 1 aliphatic heterocycles. The van der Waals surface area contributed by atoms with E-state index in [2.05, 4.69) is 14.6 Å². The zero-order valence-corrected chi connectivity index (χ0v) is 13.9. The summed E-state index contributed by atoms with van der Waals surface area (Å²) in [7, 11) is 0. The molecule has 4 rings (SSSR count). The van der Waals surface area contributed by atoms with Gasteiger partial charge in [0.1, 0.15) is 5.82 Å². The van der Waals surface area contributed by atoms with Crippen molar-refractivity contribution in [3.8, 4) is 0 Å². The molecule has 0 N–H and O–H groups in total. The maximum absolute atomic E-state index is 12.6. The van der Waals surface area contributed by atoms with Gasteiger partial charge in [0, 0.05) is 44.1 Å². The van der Waals surface area contributed by atoms with E-state index in [-0.39, 0.29) is 11.6 Å². The molecule has 1 saturated heterocycles. The molecule has 2 aromatic rings. The zero-order chi connectivity index (χ0) is 17.4. The van der Waals surface area contributed by atoms with E-state index in [9.17, 15) is 13.6 Å². The number of hydrogen-bond acceptors (Lipinski definition) is 3. The Morgan fingerprint density at radius 3 is 2.60 bits per heavy atom. The molecule has 0 bridgehead atoms. The van der Waals surface area contributed by atoms with Crippen LogP contribution in [0, 0.1) is 5.92 Å². The van der Waals surface area contributed by atoms with Gasteiger partial charge in [-0.3, -0.25) is 4.79 Å². The Morgan fingerprint density at radius 2 is 1.96 bits per heavy atom. The predicted molar refractivity (Wildman–Crippen MR) is 86.3 cm³/mol. The van der Waals surface area contributed by atoms with Crippen LogP contribution in [0.1, 0.15) is 54.5 Å². The summed E-state index contributed by atoms with van der Waals surface area (Å²) in [4.78, 5) is 18.7. The first-order valence-corrected chi connectivity index (χ1v) is 8.75. The fraction of sp³-hybridized carbons (Fsp3) is 0.588. The number of piperidine rings is 1. The molecule has 2 fully saturated rings. The maximum Gasteiger partial charge on any atom is 0.333 e. The van der Waals surface area contributed by atoms with Crippen molar-refractivity contribution in [2.75, 3.05) is 13.1 Å². The number of aromatic nitrogens is 4. The largest absolute Gasteiger partial charge is 0.337 e. The van der Waals surface area contributed by atoms with Gasteiger partial charge in [0.25, 0.3) is 5.91 Å². The SMILES string of the molecule is O=C(c1ccn(C(F)F)n1)N1CCC(c2nccn2CC2CC2)CC1. The van der Waals surface area contributed by atoms with Crippen LogP contribution in [0.15, 0.2) is 24.7 Å². The van der Waals surface area contributed by atoms with Crippen molar-refractivity contribution in [1.82, 2.24) is 24.2 Å². The lowest BCUT2D eigenvalue weighted by Gasteiger charge is -2.31. The number of hydrogen-bond donors (Lipinski definition) is 0. The van der Waals surface area contributed by atoms with E-state index in [1.165, 1.54) is 18.9 Å². The summed E-state index contributed by atoms with van der Waals surface area (Å²) in [6, 6.07) is 1.35. The third kappa shape index (κ3) is 3.43. The Hall–Kier alpha value is -2.25. The van der Waals surface area contributed by atoms with Gasteiger partial charge in [-0.1, -0.05) is 0 Å². The van der Waals surface area contributed by atoms with Crippen molar-refractivity contribution in [2.24, 2.45) is 5.92 Å². The topological polar surface area (TPSA) is 56.0 Å². The van der Waals surface area contributed by atoms with E-state index >= 15 is 0 Å². The average molecular weight is 349 g/mol. The summed E-state index contributed by atoms with van der Waals surface area (Å²) in [6.07, 6.45) is 9.31. The molecule has 1 amide bonds. The first-order chi connectivity index (χ1) is 12.1. The van der Waals surface area contributed by atoms with Crippen LogP contribution < -0.4 is 0 Å². The van der Waals surface area contributed by atoms with Gasteiger partial charge in [-0.25, -0.2) is 9.67 Å². The minimum Gasteiger partial charge on any atom is -0.337 e. The second-order valence-electron chi connectivity index (χ2n) is 6.91. The summed E-state index contributed by atoms with van der Waals surface area (Å²) in [6.45, 7) is -0.486. The third-order valence-corrected chi connectivity index (χ3v) is 5.07. The van der Waals surface area contributed by atoms with Crippen LogP contribution in [0.4, 0.5) is 8.78 Å². The van der Waals surface area contributed by atoms with Crippen LogP contribution in [-0.4, -0.2) is 43.2 Å². The highest BCUT2D eigenvalue weighted by Crippen LogP contribution is 2.33. The summed E-state index contributed by atoms with van der Waals surface area (Å²) in [5, 5.41) is 3.67. The summed E-state index contributed by atoms with van der Waals surface area (Å²) in [5.41, 5.74) is 0.0778. The van der Waals surface area contributed by atoms with Gasteiger partial charge >= 0.3 is 6.55 Å². The van der Waals surface area contributed by atoms with Crippen LogP contribution in [0.3, 0.4) is 0 Å². The normalized spacial score (nSPS) is 18.9. The minimum atomic E-state index is -2.72. The van der Waals surface area contributed by atoms with Gasteiger partial charge < -0.3 is 9.47 Å². The van der Waals surface area contributed by atoms with E-state index < -0.39 is 6.55 Å². The van der Waals surface area contributed by atoms with Gasteiger partial charge in [-0.15, -0.1) is 0 Å². The van der Waals surface area contributed by atoms with Crippen molar-refractivity contribution in [1.29, 1.82) is 0 Å². The van der Waals surface area contributed by atoms with Gasteiger partial charge in [-0.2, -0.15) is 13.9 Å².